The summed E-state index contributed by atoms with van der Waals surface area (Å²) in [4.78, 5) is 25.1. The molecule has 0 radical (unpaired) electrons. The molecule has 1 unspecified atom stereocenters. The number of likely N-dealkylation sites (N-methyl/N-ethyl adjacent to an activating group) is 1. The number of hydrogen-bond acceptors (Lipinski definition) is 6. The molecule has 4 aliphatic rings. The summed E-state index contributed by atoms with van der Waals surface area (Å²) in [6, 6.07) is 11.1. The van der Waals surface area contributed by atoms with Gasteiger partial charge in [-0.3, -0.25) is 14.8 Å². The maximum Gasteiger partial charge on any atom is 0.410 e. The van der Waals surface area contributed by atoms with E-state index in [1.54, 1.807) is 0 Å². The minimum Gasteiger partial charge on any atom is -0.444 e. The topological polar surface area (TPSA) is 58.1 Å². The smallest absolute Gasteiger partial charge is 0.410 e. The van der Waals surface area contributed by atoms with Gasteiger partial charge in [0.25, 0.3) is 0 Å². The fourth-order valence-corrected chi connectivity index (χ4v) is 6.77. The number of rotatable bonds is 4. The van der Waals surface area contributed by atoms with Crippen LogP contribution in [0.3, 0.4) is 0 Å². The highest BCUT2D eigenvalue weighted by Crippen LogP contribution is 2.41. The van der Waals surface area contributed by atoms with Gasteiger partial charge in [0.05, 0.1) is 24.4 Å². The van der Waals surface area contributed by atoms with Crippen molar-refractivity contribution >= 4 is 11.8 Å². The van der Waals surface area contributed by atoms with Crippen LogP contribution in [0.25, 0.3) is 0 Å². The summed E-state index contributed by atoms with van der Waals surface area (Å²) in [5.74, 6) is 0.628. The van der Waals surface area contributed by atoms with Crippen LogP contribution in [0.5, 0.6) is 0 Å². The molecule has 0 spiro atoms. The second-order valence-corrected chi connectivity index (χ2v) is 12.3. The summed E-state index contributed by atoms with van der Waals surface area (Å²) in [5, 5.41) is 0. The Labute approximate surface area is 220 Å². The molecule has 1 aromatic heterocycles. The third kappa shape index (κ3) is 4.84. The van der Waals surface area contributed by atoms with E-state index in [2.05, 4.69) is 41.1 Å². The van der Waals surface area contributed by atoms with E-state index in [1.165, 1.54) is 34.5 Å². The van der Waals surface area contributed by atoms with Crippen LogP contribution in [-0.4, -0.2) is 65.5 Å². The Balaban J connectivity index is 1.30. The number of carbonyl (C=O) groups is 1. The van der Waals surface area contributed by atoms with Crippen LogP contribution in [-0.2, 0) is 28.9 Å². The van der Waals surface area contributed by atoms with Gasteiger partial charge in [0.2, 0.25) is 0 Å². The zero-order valence-electron chi connectivity index (χ0n) is 22.7. The molecule has 2 bridgehead atoms. The molecule has 3 aliphatic heterocycles. The first-order valence-corrected chi connectivity index (χ1v) is 13.9. The highest BCUT2D eigenvalue weighted by molar-refractivity contribution is 5.70. The molecule has 1 aliphatic carbocycles. The molecule has 1 aromatic carbocycles. The zero-order chi connectivity index (χ0) is 25.7. The molecule has 0 saturated carbocycles. The number of anilines is 1. The third-order valence-electron chi connectivity index (χ3n) is 8.46. The van der Waals surface area contributed by atoms with Gasteiger partial charge in [-0.25, -0.2) is 4.79 Å². The SMILES string of the molecule is CN(C[C@H]1Cc2c(cccc2N2CC3CO[C@@H]2C3)CN1C(=O)OC(C)(C)C)[C@H]1CCCc2cccnc21. The van der Waals surface area contributed by atoms with Crippen LogP contribution < -0.4 is 4.90 Å². The van der Waals surface area contributed by atoms with Crippen LogP contribution in [0.2, 0.25) is 0 Å². The lowest BCUT2D eigenvalue weighted by atomic mass is 9.89. The predicted octanol–water partition coefficient (Wildman–Crippen LogP) is 4.94. The Bertz CT molecular complexity index is 1160. The fourth-order valence-electron chi connectivity index (χ4n) is 6.77. The standard InChI is InChI=1S/C30H40N4O3/c1-30(2,3)37-29(35)33-17-22-9-6-11-25(34-16-20-14-27(34)36-19-20)24(22)15-23(33)18-32(4)26-12-5-8-21-10-7-13-31-28(21)26/h6-7,9-11,13,20,23,26-27H,5,8,12,14-19H2,1-4H3/t20?,23-,26+,27-/m1/s1. The molecule has 37 heavy (non-hydrogen) atoms. The second-order valence-electron chi connectivity index (χ2n) is 12.3. The molecule has 198 valence electrons. The third-order valence-corrected chi connectivity index (χ3v) is 8.46. The van der Waals surface area contributed by atoms with Gasteiger partial charge in [0, 0.05) is 37.4 Å². The molecular formula is C30H40N4O3. The number of benzene rings is 1. The van der Waals surface area contributed by atoms with Crippen molar-refractivity contribution in [2.24, 2.45) is 5.92 Å². The molecular weight excluding hydrogens is 464 g/mol. The minimum absolute atomic E-state index is 0.0169. The summed E-state index contributed by atoms with van der Waals surface area (Å²) in [6.45, 7) is 9.10. The zero-order valence-corrected chi connectivity index (χ0v) is 22.7. The Morgan fingerprint density at radius 2 is 2.05 bits per heavy atom. The lowest BCUT2D eigenvalue weighted by Crippen LogP contribution is -2.51. The van der Waals surface area contributed by atoms with E-state index < -0.39 is 5.60 Å². The molecule has 1 amide bonds. The van der Waals surface area contributed by atoms with E-state index in [4.69, 9.17) is 14.5 Å². The lowest BCUT2D eigenvalue weighted by Gasteiger charge is -2.43. The first-order valence-electron chi connectivity index (χ1n) is 13.9. The number of nitrogens with zero attached hydrogens (tertiary/aromatic N) is 4. The highest BCUT2D eigenvalue weighted by Gasteiger charge is 2.42. The normalized spacial score (nSPS) is 26.8. The summed E-state index contributed by atoms with van der Waals surface area (Å²) in [6.07, 6.45) is 7.15. The van der Waals surface area contributed by atoms with E-state index in [1.807, 2.05) is 37.9 Å². The van der Waals surface area contributed by atoms with Crippen LogP contribution in [0.15, 0.2) is 36.5 Å². The number of ether oxygens (including phenoxy) is 2. The number of aryl methyl sites for hydroxylation is 1. The molecule has 6 rings (SSSR count). The maximum atomic E-state index is 13.5. The molecule has 2 saturated heterocycles. The van der Waals surface area contributed by atoms with Gasteiger partial charge < -0.3 is 14.4 Å². The van der Waals surface area contributed by atoms with Crippen LogP contribution in [0.1, 0.15) is 68.5 Å². The molecule has 4 atom stereocenters. The van der Waals surface area contributed by atoms with Crippen molar-refractivity contribution in [1.29, 1.82) is 0 Å². The van der Waals surface area contributed by atoms with E-state index in [9.17, 15) is 4.79 Å². The molecule has 0 N–H and O–H groups in total. The largest absolute Gasteiger partial charge is 0.444 e. The van der Waals surface area contributed by atoms with Crippen LogP contribution in [0, 0.1) is 5.92 Å². The molecule has 4 heterocycles. The first-order chi connectivity index (χ1) is 17.8. The molecule has 2 aromatic rings. The monoisotopic (exact) mass is 504 g/mol. The van der Waals surface area contributed by atoms with E-state index >= 15 is 0 Å². The second kappa shape index (κ2) is 9.59. The van der Waals surface area contributed by atoms with Gasteiger partial charge in [-0.2, -0.15) is 0 Å². The van der Waals surface area contributed by atoms with Gasteiger partial charge in [0.15, 0.2) is 0 Å². The molecule has 2 fully saturated rings. The molecule has 7 nitrogen and oxygen atoms in total. The van der Waals surface area contributed by atoms with Gasteiger partial charge in [-0.05, 0) is 88.7 Å². The van der Waals surface area contributed by atoms with E-state index in [-0.39, 0.29) is 24.4 Å². The van der Waals surface area contributed by atoms with Gasteiger partial charge in [-0.15, -0.1) is 0 Å². The van der Waals surface area contributed by atoms with Gasteiger partial charge in [0.1, 0.15) is 11.8 Å². The van der Waals surface area contributed by atoms with E-state index in [0.717, 1.165) is 45.4 Å². The predicted molar refractivity (Wildman–Crippen MR) is 143 cm³/mol. The minimum atomic E-state index is -0.534. The number of hydrogen-bond donors (Lipinski definition) is 0. The Hall–Kier alpha value is -2.64. The molecule has 7 heteroatoms. The quantitative estimate of drug-likeness (QED) is 0.588. The van der Waals surface area contributed by atoms with Crippen LogP contribution >= 0.6 is 0 Å². The number of pyridine rings is 1. The van der Waals surface area contributed by atoms with E-state index in [0.29, 0.717) is 12.5 Å². The Morgan fingerprint density at radius 1 is 1.22 bits per heavy atom. The van der Waals surface area contributed by atoms with Crippen molar-refractivity contribution < 1.29 is 14.3 Å². The summed E-state index contributed by atoms with van der Waals surface area (Å²) < 4.78 is 12.0. The Kier molecular flexibility index (Phi) is 6.40. The Morgan fingerprint density at radius 3 is 2.81 bits per heavy atom. The van der Waals surface area contributed by atoms with Crippen molar-refractivity contribution in [3.05, 3.63) is 58.9 Å². The lowest BCUT2D eigenvalue weighted by molar-refractivity contribution is 0.00639. The van der Waals surface area contributed by atoms with Crippen molar-refractivity contribution in [3.63, 3.8) is 0 Å². The van der Waals surface area contributed by atoms with Gasteiger partial charge >= 0.3 is 6.09 Å². The number of amides is 1. The van der Waals surface area contributed by atoms with Crippen LogP contribution in [0.4, 0.5) is 10.5 Å². The fraction of sp³-hybridized carbons (Fsp3) is 0.600. The number of fused-ring (bicyclic) bond motifs is 4. The number of carbonyl (C=O) groups excluding carboxylic acids is 1. The summed E-state index contributed by atoms with van der Waals surface area (Å²) in [7, 11) is 2.19. The maximum absolute atomic E-state index is 13.5. The van der Waals surface area contributed by atoms with Gasteiger partial charge in [-0.1, -0.05) is 18.2 Å². The van der Waals surface area contributed by atoms with Crippen molar-refractivity contribution in [2.75, 3.05) is 31.6 Å². The number of aromatic nitrogens is 1. The summed E-state index contributed by atoms with van der Waals surface area (Å²) >= 11 is 0. The summed E-state index contributed by atoms with van der Waals surface area (Å²) in [5.41, 5.74) is 5.88. The average molecular weight is 505 g/mol. The average Bonchev–Trinajstić information content (AvgIpc) is 3.50. The highest BCUT2D eigenvalue weighted by atomic mass is 16.6. The first kappa shape index (κ1) is 24.7. The van der Waals surface area contributed by atoms with Crippen molar-refractivity contribution in [3.8, 4) is 0 Å². The van der Waals surface area contributed by atoms with Crippen molar-refractivity contribution in [2.45, 2.75) is 83.3 Å². The van der Waals surface area contributed by atoms with Crippen molar-refractivity contribution in [1.82, 2.24) is 14.8 Å².